The van der Waals surface area contributed by atoms with Crippen molar-refractivity contribution in [1.82, 2.24) is 10.3 Å². The molecule has 2 aromatic heterocycles. The zero-order valence-corrected chi connectivity index (χ0v) is 10.3. The van der Waals surface area contributed by atoms with E-state index in [4.69, 9.17) is 5.73 Å². The minimum Gasteiger partial charge on any atom is -0.397 e. The number of anilines is 1. The highest BCUT2D eigenvalue weighted by Gasteiger charge is 2.16. The Morgan fingerprint density at radius 3 is 3.06 bits per heavy atom. The number of pyridine rings is 1. The zero-order valence-electron chi connectivity index (χ0n) is 9.49. The van der Waals surface area contributed by atoms with Gasteiger partial charge < -0.3 is 11.1 Å². The molecular weight excluding hydrogens is 234 g/mol. The molecule has 2 aromatic rings. The molecule has 0 saturated heterocycles. The van der Waals surface area contributed by atoms with Gasteiger partial charge in [0, 0.05) is 18.1 Å². The lowest BCUT2D eigenvalue weighted by atomic mass is 10.2. The van der Waals surface area contributed by atoms with E-state index in [1.54, 1.807) is 12.3 Å². The predicted molar refractivity (Wildman–Crippen MR) is 71.2 cm³/mol. The fourth-order valence-electron chi connectivity index (χ4n) is 1.43. The van der Waals surface area contributed by atoms with Crippen molar-refractivity contribution in [3.63, 3.8) is 0 Å². The monoisotopic (exact) mass is 247 g/mol. The Hall–Kier alpha value is -1.88. The van der Waals surface area contributed by atoms with Crippen LogP contribution in [0.25, 0.3) is 10.2 Å². The highest BCUT2D eigenvalue weighted by Crippen LogP contribution is 2.31. The molecule has 0 atom stereocenters. The summed E-state index contributed by atoms with van der Waals surface area (Å²) in [6.45, 7) is 6.05. The van der Waals surface area contributed by atoms with Gasteiger partial charge in [0.15, 0.2) is 0 Å². The van der Waals surface area contributed by atoms with Crippen LogP contribution in [0.2, 0.25) is 0 Å². The second-order valence-corrected chi connectivity index (χ2v) is 4.84. The normalized spacial score (nSPS) is 10.4. The van der Waals surface area contributed by atoms with Crippen molar-refractivity contribution < 1.29 is 4.79 Å². The van der Waals surface area contributed by atoms with Gasteiger partial charge in [0.2, 0.25) is 0 Å². The van der Waals surface area contributed by atoms with Crippen molar-refractivity contribution in [2.75, 3.05) is 12.3 Å². The fourth-order valence-corrected chi connectivity index (χ4v) is 2.41. The fraction of sp³-hybridized carbons (Fsp3) is 0.167. The first kappa shape index (κ1) is 11.6. The molecule has 0 unspecified atom stereocenters. The van der Waals surface area contributed by atoms with Crippen LogP contribution >= 0.6 is 11.3 Å². The molecule has 2 heterocycles. The first-order valence-electron chi connectivity index (χ1n) is 5.15. The molecule has 0 spiro atoms. The summed E-state index contributed by atoms with van der Waals surface area (Å²) in [5.41, 5.74) is 7.33. The van der Waals surface area contributed by atoms with Gasteiger partial charge in [-0.05, 0) is 19.1 Å². The Balaban J connectivity index is 2.32. The Morgan fingerprint density at radius 2 is 2.41 bits per heavy atom. The van der Waals surface area contributed by atoms with E-state index in [2.05, 4.69) is 16.9 Å². The second kappa shape index (κ2) is 4.55. The molecule has 17 heavy (non-hydrogen) atoms. The number of nitrogen functional groups attached to an aromatic ring is 1. The van der Waals surface area contributed by atoms with Crippen LogP contribution in [0.15, 0.2) is 30.5 Å². The van der Waals surface area contributed by atoms with E-state index < -0.39 is 0 Å². The second-order valence-electron chi connectivity index (χ2n) is 3.84. The standard InChI is InChI=1S/C12H13N3OS/c1-7(2)6-15-11(16)10-9(13)8-4-3-5-14-12(8)17-10/h3-5H,1,6,13H2,2H3,(H,15,16). The molecule has 0 aliphatic rings. The van der Waals surface area contributed by atoms with Crippen molar-refractivity contribution in [3.8, 4) is 0 Å². The highest BCUT2D eigenvalue weighted by molar-refractivity contribution is 7.21. The number of nitrogens with one attached hydrogen (secondary N) is 1. The van der Waals surface area contributed by atoms with E-state index in [9.17, 15) is 4.79 Å². The third-order valence-electron chi connectivity index (χ3n) is 2.26. The number of aromatic nitrogens is 1. The Kier molecular flexibility index (Phi) is 3.10. The van der Waals surface area contributed by atoms with Crippen LogP contribution in [0, 0.1) is 0 Å². The first-order valence-corrected chi connectivity index (χ1v) is 5.97. The van der Waals surface area contributed by atoms with Gasteiger partial charge in [-0.2, -0.15) is 0 Å². The summed E-state index contributed by atoms with van der Waals surface area (Å²) in [7, 11) is 0. The molecule has 2 rings (SSSR count). The molecule has 88 valence electrons. The number of nitrogens with zero attached hydrogens (tertiary/aromatic N) is 1. The number of nitrogens with two attached hydrogens (primary N) is 1. The lowest BCUT2D eigenvalue weighted by molar-refractivity contribution is 0.0962. The maximum Gasteiger partial charge on any atom is 0.263 e. The number of carbonyl (C=O) groups is 1. The molecule has 0 aromatic carbocycles. The van der Waals surface area contributed by atoms with Gasteiger partial charge >= 0.3 is 0 Å². The molecule has 5 heteroatoms. The molecule has 0 bridgehead atoms. The molecular formula is C12H13N3OS. The summed E-state index contributed by atoms with van der Waals surface area (Å²) in [5.74, 6) is -0.173. The first-order chi connectivity index (χ1) is 8.09. The number of carbonyl (C=O) groups excluding carboxylic acids is 1. The van der Waals surface area contributed by atoms with Crippen LogP contribution in [0.3, 0.4) is 0 Å². The van der Waals surface area contributed by atoms with Crippen LogP contribution < -0.4 is 11.1 Å². The summed E-state index contributed by atoms with van der Waals surface area (Å²) < 4.78 is 0. The Morgan fingerprint density at radius 1 is 1.65 bits per heavy atom. The van der Waals surface area contributed by atoms with Crippen LogP contribution in [-0.4, -0.2) is 17.4 Å². The van der Waals surface area contributed by atoms with Gasteiger partial charge in [-0.1, -0.05) is 12.2 Å². The molecule has 0 aliphatic heterocycles. The van der Waals surface area contributed by atoms with Crippen LogP contribution in [-0.2, 0) is 0 Å². The maximum atomic E-state index is 11.9. The SMILES string of the molecule is C=C(C)CNC(=O)c1sc2ncccc2c1N. The zero-order chi connectivity index (χ0) is 12.4. The predicted octanol–water partition coefficient (Wildman–Crippen LogP) is 2.18. The number of hydrogen-bond acceptors (Lipinski definition) is 4. The molecule has 3 N–H and O–H groups in total. The molecule has 1 amide bonds. The van der Waals surface area contributed by atoms with E-state index in [0.717, 1.165) is 15.8 Å². The van der Waals surface area contributed by atoms with E-state index in [-0.39, 0.29) is 5.91 Å². The minimum atomic E-state index is -0.173. The third kappa shape index (κ3) is 2.29. The van der Waals surface area contributed by atoms with E-state index in [1.807, 2.05) is 13.0 Å². The summed E-state index contributed by atoms with van der Waals surface area (Å²) in [4.78, 5) is 17.4. The van der Waals surface area contributed by atoms with Crippen molar-refractivity contribution in [3.05, 3.63) is 35.4 Å². The lowest BCUT2D eigenvalue weighted by Crippen LogP contribution is -2.24. The van der Waals surface area contributed by atoms with Crippen LogP contribution in [0.5, 0.6) is 0 Å². The molecule has 0 aliphatic carbocycles. The van der Waals surface area contributed by atoms with Gasteiger partial charge in [0.05, 0.1) is 5.69 Å². The molecule has 4 nitrogen and oxygen atoms in total. The average Bonchev–Trinajstić information content (AvgIpc) is 2.64. The number of rotatable bonds is 3. The number of thiophene rings is 1. The van der Waals surface area contributed by atoms with Crippen LogP contribution in [0.1, 0.15) is 16.6 Å². The van der Waals surface area contributed by atoms with Gasteiger partial charge in [0.25, 0.3) is 5.91 Å². The minimum absolute atomic E-state index is 0.173. The Labute approximate surface area is 103 Å². The number of amides is 1. The van der Waals surface area contributed by atoms with Crippen molar-refractivity contribution in [1.29, 1.82) is 0 Å². The number of fused-ring (bicyclic) bond motifs is 1. The molecule has 0 radical (unpaired) electrons. The van der Waals surface area contributed by atoms with Gasteiger partial charge in [-0.3, -0.25) is 4.79 Å². The lowest BCUT2D eigenvalue weighted by Gasteiger charge is -2.03. The van der Waals surface area contributed by atoms with Gasteiger partial charge in [-0.25, -0.2) is 4.98 Å². The van der Waals surface area contributed by atoms with E-state index >= 15 is 0 Å². The molecule has 0 fully saturated rings. The topological polar surface area (TPSA) is 68.0 Å². The van der Waals surface area contributed by atoms with Gasteiger partial charge in [0.1, 0.15) is 9.71 Å². The average molecular weight is 247 g/mol. The summed E-state index contributed by atoms with van der Waals surface area (Å²) in [6, 6.07) is 3.67. The highest BCUT2D eigenvalue weighted by atomic mass is 32.1. The molecule has 0 saturated carbocycles. The van der Waals surface area contributed by atoms with Crippen molar-refractivity contribution in [2.45, 2.75) is 6.92 Å². The third-order valence-corrected chi connectivity index (χ3v) is 3.39. The maximum absolute atomic E-state index is 11.9. The summed E-state index contributed by atoms with van der Waals surface area (Å²) in [5, 5.41) is 3.60. The summed E-state index contributed by atoms with van der Waals surface area (Å²) in [6.07, 6.45) is 1.69. The van der Waals surface area contributed by atoms with Crippen molar-refractivity contribution in [2.24, 2.45) is 0 Å². The van der Waals surface area contributed by atoms with Crippen LogP contribution in [0.4, 0.5) is 5.69 Å². The quantitative estimate of drug-likeness (QED) is 0.817. The largest absolute Gasteiger partial charge is 0.397 e. The number of hydrogen-bond donors (Lipinski definition) is 2. The Bertz CT molecular complexity index is 588. The van der Waals surface area contributed by atoms with Crippen molar-refractivity contribution >= 4 is 33.1 Å². The smallest absolute Gasteiger partial charge is 0.263 e. The van der Waals surface area contributed by atoms with Gasteiger partial charge in [-0.15, -0.1) is 11.3 Å². The van der Waals surface area contributed by atoms with E-state index in [1.165, 1.54) is 11.3 Å². The summed E-state index contributed by atoms with van der Waals surface area (Å²) >= 11 is 1.31. The van der Waals surface area contributed by atoms with E-state index in [0.29, 0.717) is 17.1 Å².